The van der Waals surface area contributed by atoms with Crippen LogP contribution in [0.1, 0.15) is 22.5 Å². The minimum atomic E-state index is 0.280. The first-order valence-corrected chi connectivity index (χ1v) is 8.91. The largest absolute Gasteiger partial charge is 0.293 e. The average Bonchev–Trinajstić information content (AvgIpc) is 2.95. The van der Waals surface area contributed by atoms with Crippen LogP contribution in [0, 0.1) is 0 Å². The highest BCUT2D eigenvalue weighted by Gasteiger charge is 2.14. The van der Waals surface area contributed by atoms with Crippen LogP contribution in [-0.4, -0.2) is 11.1 Å². The van der Waals surface area contributed by atoms with Crippen molar-refractivity contribution >= 4 is 74.5 Å². The average molecular weight is 345 g/mol. The molecule has 0 fully saturated rings. The maximum Gasteiger partial charge on any atom is 0.172 e. The fourth-order valence-electron chi connectivity index (χ4n) is 1.76. The summed E-state index contributed by atoms with van der Waals surface area (Å²) in [6.45, 7) is 0. The Morgan fingerprint density at radius 1 is 1.24 bits per heavy atom. The first-order valence-electron chi connectivity index (χ1n) is 5.28. The van der Waals surface area contributed by atoms with E-state index in [9.17, 15) is 4.79 Å². The number of Topliss-reactive ketones (excluding diaryl/α,β-unsaturated/α-hetero) is 1. The number of hydrogen-bond acceptors (Lipinski definition) is 4. The molecular weight excluding hydrogens is 336 g/mol. The molecule has 0 aliphatic rings. The molecule has 0 aromatic carbocycles. The van der Waals surface area contributed by atoms with Gasteiger partial charge >= 0.3 is 0 Å². The van der Waals surface area contributed by atoms with Gasteiger partial charge in [-0.05, 0) is 23.9 Å². The predicted molar refractivity (Wildman–Crippen MR) is 82.4 cm³/mol. The number of thiophene rings is 3. The Bertz CT molecular complexity index is 676. The number of alkyl halides is 1. The van der Waals surface area contributed by atoms with Gasteiger partial charge in [0.25, 0.3) is 0 Å². The Balaban J connectivity index is 2.01. The van der Waals surface area contributed by atoms with Gasteiger partial charge in [0.2, 0.25) is 0 Å². The Morgan fingerprint density at radius 2 is 2.12 bits per heavy atom. The molecule has 0 aliphatic heterocycles. The maximum atomic E-state index is 11.9. The molecule has 0 amide bonds. The molecule has 5 heteroatoms. The van der Waals surface area contributed by atoms with Crippen molar-refractivity contribution in [2.75, 3.05) is 5.33 Å². The summed E-state index contributed by atoms with van der Waals surface area (Å²) in [6.07, 6.45) is 1.56. The van der Waals surface area contributed by atoms with Crippen molar-refractivity contribution in [2.45, 2.75) is 12.8 Å². The summed E-state index contributed by atoms with van der Waals surface area (Å²) < 4.78 is 5.24. The normalized spacial score (nSPS) is 11.6. The summed E-state index contributed by atoms with van der Waals surface area (Å²) >= 11 is 8.57. The van der Waals surface area contributed by atoms with Crippen molar-refractivity contribution in [1.82, 2.24) is 0 Å². The molecule has 3 rings (SSSR count). The van der Waals surface area contributed by atoms with Crippen molar-refractivity contribution < 1.29 is 4.79 Å². The van der Waals surface area contributed by atoms with Gasteiger partial charge in [0.1, 0.15) is 0 Å². The monoisotopic (exact) mass is 344 g/mol. The van der Waals surface area contributed by atoms with E-state index >= 15 is 0 Å². The summed E-state index contributed by atoms with van der Waals surface area (Å²) in [6, 6.07) is 4.22. The van der Waals surface area contributed by atoms with Gasteiger partial charge in [-0.3, -0.25) is 4.79 Å². The predicted octanol–water partition coefficient (Wildman–Crippen LogP) is 5.54. The number of carbonyl (C=O) groups is 1. The number of carbonyl (C=O) groups excluding carboxylic acids is 1. The zero-order valence-corrected chi connectivity index (χ0v) is 12.9. The molecule has 3 aromatic heterocycles. The third-order valence-electron chi connectivity index (χ3n) is 2.57. The Morgan fingerprint density at radius 3 is 2.94 bits per heavy atom. The lowest BCUT2D eigenvalue weighted by molar-refractivity contribution is 0.0986. The van der Waals surface area contributed by atoms with E-state index in [1.807, 2.05) is 0 Å². The number of hydrogen-bond donors (Lipinski definition) is 0. The molecule has 0 radical (unpaired) electrons. The molecule has 88 valence electrons. The first-order chi connectivity index (χ1) is 8.29. The lowest BCUT2D eigenvalue weighted by atomic mass is 10.2. The van der Waals surface area contributed by atoms with Crippen LogP contribution in [0.25, 0.3) is 18.8 Å². The van der Waals surface area contributed by atoms with Crippen LogP contribution in [0.2, 0.25) is 0 Å². The zero-order chi connectivity index (χ0) is 11.8. The fourth-order valence-corrected chi connectivity index (χ4v) is 5.77. The third kappa shape index (κ3) is 2.10. The molecule has 0 bridgehead atoms. The van der Waals surface area contributed by atoms with E-state index in [0.717, 1.165) is 16.6 Å². The van der Waals surface area contributed by atoms with E-state index < -0.39 is 0 Å². The van der Waals surface area contributed by atoms with Gasteiger partial charge in [0, 0.05) is 21.2 Å². The Labute approximate surface area is 119 Å². The number of rotatable bonds is 4. The second kappa shape index (κ2) is 4.80. The van der Waals surface area contributed by atoms with Gasteiger partial charge in [-0.2, -0.15) is 0 Å². The summed E-state index contributed by atoms with van der Waals surface area (Å²) in [5, 5.41) is 3.01. The lowest BCUT2D eigenvalue weighted by Gasteiger charge is -1.93. The molecule has 0 saturated heterocycles. The van der Waals surface area contributed by atoms with Crippen LogP contribution in [0.15, 0.2) is 17.5 Å². The van der Waals surface area contributed by atoms with Crippen molar-refractivity contribution in [3.63, 3.8) is 0 Å². The first kappa shape index (κ1) is 11.8. The van der Waals surface area contributed by atoms with E-state index in [-0.39, 0.29) is 5.78 Å². The summed E-state index contributed by atoms with van der Waals surface area (Å²) in [5.74, 6) is 0.280. The summed E-state index contributed by atoms with van der Waals surface area (Å²) in [5.41, 5.74) is 0. The van der Waals surface area contributed by atoms with Gasteiger partial charge < -0.3 is 0 Å². The zero-order valence-electron chi connectivity index (χ0n) is 8.86. The smallest absolute Gasteiger partial charge is 0.172 e. The van der Waals surface area contributed by atoms with Gasteiger partial charge in [-0.1, -0.05) is 15.9 Å². The molecular formula is C12H9BrOS3. The molecule has 0 saturated carbocycles. The summed E-state index contributed by atoms with van der Waals surface area (Å²) in [4.78, 5) is 12.9. The molecule has 0 N–H and O–H groups in total. The molecule has 3 aromatic rings. The van der Waals surface area contributed by atoms with Crippen LogP contribution in [0.4, 0.5) is 0 Å². The molecule has 0 unspecified atom stereocenters. The van der Waals surface area contributed by atoms with Crippen LogP contribution >= 0.6 is 49.9 Å². The van der Waals surface area contributed by atoms with Crippen molar-refractivity contribution in [2.24, 2.45) is 0 Å². The minimum Gasteiger partial charge on any atom is -0.293 e. The molecule has 1 nitrogen and oxygen atoms in total. The highest BCUT2D eigenvalue weighted by Crippen LogP contribution is 2.42. The van der Waals surface area contributed by atoms with E-state index in [1.165, 1.54) is 18.8 Å². The Kier molecular flexibility index (Phi) is 3.34. The van der Waals surface area contributed by atoms with Crippen molar-refractivity contribution in [1.29, 1.82) is 0 Å². The van der Waals surface area contributed by atoms with Crippen molar-refractivity contribution in [3.05, 3.63) is 22.4 Å². The fraction of sp³-hybridized carbons (Fsp3) is 0.250. The third-order valence-corrected chi connectivity index (χ3v) is 6.74. The minimum absolute atomic E-state index is 0.280. The van der Waals surface area contributed by atoms with Crippen LogP contribution in [0.3, 0.4) is 0 Å². The van der Waals surface area contributed by atoms with E-state index in [4.69, 9.17) is 0 Å². The van der Waals surface area contributed by atoms with Gasteiger partial charge in [0.15, 0.2) is 5.78 Å². The van der Waals surface area contributed by atoms with E-state index in [2.05, 4.69) is 33.4 Å². The van der Waals surface area contributed by atoms with Crippen LogP contribution < -0.4 is 0 Å². The van der Waals surface area contributed by atoms with Gasteiger partial charge in [-0.25, -0.2) is 0 Å². The quantitative estimate of drug-likeness (QED) is 0.448. The standard InChI is InChI=1S/C12H9BrOS3/c13-4-1-2-7(14)9-6-10-12(17-9)11-8(16-10)3-5-15-11/h3,5-6H,1-2,4H2. The van der Waals surface area contributed by atoms with Crippen molar-refractivity contribution in [3.8, 4) is 0 Å². The van der Waals surface area contributed by atoms with Gasteiger partial charge in [-0.15, -0.1) is 34.0 Å². The topological polar surface area (TPSA) is 17.1 Å². The maximum absolute atomic E-state index is 11.9. The van der Waals surface area contributed by atoms with E-state index in [1.54, 1.807) is 34.0 Å². The molecule has 0 atom stereocenters. The molecule has 0 spiro atoms. The molecule has 3 heterocycles. The highest BCUT2D eigenvalue weighted by molar-refractivity contribution is 9.09. The van der Waals surface area contributed by atoms with Gasteiger partial charge in [0.05, 0.1) is 14.3 Å². The molecule has 0 aliphatic carbocycles. The highest BCUT2D eigenvalue weighted by atomic mass is 79.9. The SMILES string of the molecule is O=C(CCCBr)c1cc2sc3ccsc3c2s1. The second-order valence-corrected chi connectivity index (χ2v) is 7.58. The number of halogens is 1. The molecule has 17 heavy (non-hydrogen) atoms. The van der Waals surface area contributed by atoms with E-state index in [0.29, 0.717) is 6.42 Å². The van der Waals surface area contributed by atoms with Crippen LogP contribution in [-0.2, 0) is 0 Å². The summed E-state index contributed by atoms with van der Waals surface area (Å²) in [7, 11) is 0. The van der Waals surface area contributed by atoms with Crippen LogP contribution in [0.5, 0.6) is 0 Å². The Hall–Kier alpha value is -0.230. The number of ketones is 1. The lowest BCUT2D eigenvalue weighted by Crippen LogP contribution is -1.95. The second-order valence-electron chi connectivity index (χ2n) is 3.74. The number of fused-ring (bicyclic) bond motifs is 3.